The summed E-state index contributed by atoms with van der Waals surface area (Å²) >= 11 is 0. The van der Waals surface area contributed by atoms with Gasteiger partial charge in [-0.15, -0.1) is 0 Å². The Morgan fingerprint density at radius 2 is 1.84 bits per heavy atom. The van der Waals surface area contributed by atoms with E-state index < -0.39 is 29.1 Å². The molecule has 2 aromatic heterocycles. The van der Waals surface area contributed by atoms with E-state index in [1.54, 1.807) is 19.1 Å². The second-order valence-electron chi connectivity index (χ2n) is 7.16. The Bertz CT molecular complexity index is 1420. The number of nitrogens with zero attached hydrogens (tertiary/aromatic N) is 2. The van der Waals surface area contributed by atoms with E-state index >= 15 is 0 Å². The van der Waals surface area contributed by atoms with Crippen molar-refractivity contribution in [2.45, 2.75) is 13.0 Å². The van der Waals surface area contributed by atoms with Crippen molar-refractivity contribution in [3.8, 4) is 11.1 Å². The Morgan fingerprint density at radius 1 is 1.06 bits per heavy atom. The first-order valence-electron chi connectivity index (χ1n) is 9.72. The predicted molar refractivity (Wildman–Crippen MR) is 115 cm³/mol. The van der Waals surface area contributed by atoms with E-state index in [1.165, 1.54) is 42.5 Å². The quantitative estimate of drug-likeness (QED) is 0.484. The van der Waals surface area contributed by atoms with Gasteiger partial charge in [-0.2, -0.15) is 0 Å². The highest BCUT2D eigenvalue weighted by Gasteiger charge is 2.22. The summed E-state index contributed by atoms with van der Waals surface area (Å²) in [6.07, 6.45) is 1.58. The minimum Gasteiger partial charge on any atom is -0.344 e. The monoisotopic (exact) mass is 433 g/mol. The van der Waals surface area contributed by atoms with Gasteiger partial charge in [0.2, 0.25) is 0 Å². The SMILES string of the molecule is CC(NC(=O)c1ccccc1C=O)c1nc2ccc(F)cn2c(=O)c1-c1cccc(F)c1. The van der Waals surface area contributed by atoms with Gasteiger partial charge in [0, 0.05) is 17.3 Å². The fraction of sp³-hybridized carbons (Fsp3) is 0.0833. The summed E-state index contributed by atoms with van der Waals surface area (Å²) in [4.78, 5) is 41.8. The third kappa shape index (κ3) is 3.90. The number of pyridine rings is 1. The molecule has 0 bridgehead atoms. The topological polar surface area (TPSA) is 80.5 Å². The van der Waals surface area contributed by atoms with Gasteiger partial charge in [-0.3, -0.25) is 18.8 Å². The van der Waals surface area contributed by atoms with Gasteiger partial charge in [-0.05, 0) is 42.8 Å². The smallest absolute Gasteiger partial charge is 0.266 e. The maximum Gasteiger partial charge on any atom is 0.266 e. The lowest BCUT2D eigenvalue weighted by Crippen LogP contribution is -2.31. The molecule has 0 aliphatic rings. The fourth-order valence-corrected chi connectivity index (χ4v) is 3.51. The second kappa shape index (κ2) is 8.50. The lowest BCUT2D eigenvalue weighted by Gasteiger charge is -2.18. The molecule has 8 heteroatoms. The zero-order valence-electron chi connectivity index (χ0n) is 16.9. The molecule has 2 heterocycles. The van der Waals surface area contributed by atoms with Gasteiger partial charge >= 0.3 is 0 Å². The number of fused-ring (bicyclic) bond motifs is 1. The number of halogens is 2. The molecule has 1 atom stereocenters. The lowest BCUT2D eigenvalue weighted by molar-refractivity contribution is 0.0934. The molecule has 4 rings (SSSR count). The van der Waals surface area contributed by atoms with Gasteiger partial charge in [-0.25, -0.2) is 13.8 Å². The first kappa shape index (κ1) is 21.0. The Hall–Kier alpha value is -4.20. The van der Waals surface area contributed by atoms with Crippen molar-refractivity contribution in [1.29, 1.82) is 0 Å². The van der Waals surface area contributed by atoms with Crippen LogP contribution in [0.3, 0.4) is 0 Å². The normalized spacial score (nSPS) is 11.8. The number of rotatable bonds is 5. The standard InChI is InChI=1S/C24H17F2N3O3/c1-14(27-23(31)19-8-3-2-5-16(19)13-30)22-21(15-6-4-7-17(25)11-15)24(32)29-12-18(26)9-10-20(29)28-22/h2-14H,1H3,(H,27,31). The molecule has 0 fully saturated rings. The van der Waals surface area contributed by atoms with Crippen LogP contribution in [0.1, 0.15) is 39.4 Å². The van der Waals surface area contributed by atoms with Crippen LogP contribution in [0.2, 0.25) is 0 Å². The number of amides is 1. The van der Waals surface area contributed by atoms with Crippen LogP contribution < -0.4 is 10.9 Å². The van der Waals surface area contributed by atoms with E-state index in [1.807, 2.05) is 0 Å². The van der Waals surface area contributed by atoms with Crippen LogP contribution in [-0.4, -0.2) is 21.6 Å². The molecule has 32 heavy (non-hydrogen) atoms. The van der Waals surface area contributed by atoms with E-state index in [0.29, 0.717) is 6.29 Å². The van der Waals surface area contributed by atoms with Gasteiger partial charge in [0.1, 0.15) is 17.3 Å². The van der Waals surface area contributed by atoms with E-state index in [-0.39, 0.29) is 33.6 Å². The number of carbonyl (C=O) groups is 2. The van der Waals surface area contributed by atoms with Crippen molar-refractivity contribution in [3.63, 3.8) is 0 Å². The average molecular weight is 433 g/mol. The number of aldehydes is 1. The molecular weight excluding hydrogens is 416 g/mol. The summed E-state index contributed by atoms with van der Waals surface area (Å²) in [5.41, 5.74) is 0.398. The van der Waals surface area contributed by atoms with Crippen LogP contribution in [0.15, 0.2) is 71.7 Å². The van der Waals surface area contributed by atoms with Crippen LogP contribution in [0.4, 0.5) is 8.78 Å². The summed E-state index contributed by atoms with van der Waals surface area (Å²) < 4.78 is 28.7. The highest BCUT2D eigenvalue weighted by atomic mass is 19.1. The van der Waals surface area contributed by atoms with Gasteiger partial charge < -0.3 is 5.32 Å². The maximum atomic E-state index is 13.9. The van der Waals surface area contributed by atoms with E-state index in [4.69, 9.17) is 0 Å². The Labute approximate surface area is 181 Å². The van der Waals surface area contributed by atoms with Gasteiger partial charge in [-0.1, -0.05) is 30.3 Å². The number of nitrogens with one attached hydrogen (secondary N) is 1. The van der Waals surface area contributed by atoms with Gasteiger partial charge in [0.15, 0.2) is 6.29 Å². The van der Waals surface area contributed by atoms with Gasteiger partial charge in [0.05, 0.1) is 17.3 Å². The molecule has 4 aromatic rings. The molecule has 0 spiro atoms. The molecule has 6 nitrogen and oxygen atoms in total. The molecule has 1 N–H and O–H groups in total. The van der Waals surface area contributed by atoms with Crippen LogP contribution in [0, 0.1) is 11.6 Å². The summed E-state index contributed by atoms with van der Waals surface area (Å²) in [7, 11) is 0. The van der Waals surface area contributed by atoms with Crippen LogP contribution in [0.5, 0.6) is 0 Å². The minimum atomic E-state index is -0.789. The summed E-state index contributed by atoms with van der Waals surface area (Å²) in [5.74, 6) is -1.73. The zero-order valence-corrected chi connectivity index (χ0v) is 16.9. The average Bonchev–Trinajstić information content (AvgIpc) is 2.79. The number of hydrogen-bond acceptors (Lipinski definition) is 4. The molecule has 0 saturated heterocycles. The third-order valence-corrected chi connectivity index (χ3v) is 5.02. The third-order valence-electron chi connectivity index (χ3n) is 5.02. The molecular formula is C24H17F2N3O3. The van der Waals surface area contributed by atoms with Gasteiger partial charge in [0.25, 0.3) is 11.5 Å². The molecule has 1 unspecified atom stereocenters. The minimum absolute atomic E-state index is 0.0315. The molecule has 2 aromatic carbocycles. The second-order valence-corrected chi connectivity index (χ2v) is 7.16. The van der Waals surface area contributed by atoms with Crippen molar-refractivity contribution in [2.75, 3.05) is 0 Å². The van der Waals surface area contributed by atoms with E-state index in [2.05, 4.69) is 10.3 Å². The zero-order chi connectivity index (χ0) is 22.8. The summed E-state index contributed by atoms with van der Waals surface area (Å²) in [5, 5.41) is 2.74. The molecule has 1 amide bonds. The number of aromatic nitrogens is 2. The fourth-order valence-electron chi connectivity index (χ4n) is 3.51. The van der Waals surface area contributed by atoms with Crippen molar-refractivity contribution in [1.82, 2.24) is 14.7 Å². The highest BCUT2D eigenvalue weighted by molar-refractivity contribution is 6.01. The number of benzene rings is 2. The Morgan fingerprint density at radius 3 is 2.59 bits per heavy atom. The van der Waals surface area contributed by atoms with Crippen LogP contribution in [-0.2, 0) is 0 Å². The van der Waals surface area contributed by atoms with Crippen molar-refractivity contribution >= 4 is 17.8 Å². The molecule has 0 saturated carbocycles. The number of carbonyl (C=O) groups excluding carboxylic acids is 2. The molecule has 160 valence electrons. The van der Waals surface area contributed by atoms with E-state index in [9.17, 15) is 23.2 Å². The lowest BCUT2D eigenvalue weighted by atomic mass is 10.0. The first-order valence-corrected chi connectivity index (χ1v) is 9.72. The summed E-state index contributed by atoms with van der Waals surface area (Å²) in [6.45, 7) is 1.62. The van der Waals surface area contributed by atoms with Crippen molar-refractivity contribution in [2.24, 2.45) is 0 Å². The molecule has 0 radical (unpaired) electrons. The summed E-state index contributed by atoms with van der Waals surface area (Å²) in [6, 6.07) is 13.4. The Balaban J connectivity index is 1.86. The highest BCUT2D eigenvalue weighted by Crippen LogP contribution is 2.25. The molecule has 0 aliphatic heterocycles. The Kier molecular flexibility index (Phi) is 5.59. The maximum absolute atomic E-state index is 13.9. The van der Waals surface area contributed by atoms with Crippen LogP contribution in [0.25, 0.3) is 16.8 Å². The van der Waals surface area contributed by atoms with E-state index in [0.717, 1.165) is 16.7 Å². The van der Waals surface area contributed by atoms with Crippen molar-refractivity contribution in [3.05, 3.63) is 106 Å². The molecule has 0 aliphatic carbocycles. The number of hydrogen-bond donors (Lipinski definition) is 1. The first-order chi connectivity index (χ1) is 15.4. The predicted octanol–water partition coefficient (Wildman–Crippen LogP) is 3.94. The van der Waals surface area contributed by atoms with Crippen LogP contribution >= 0.6 is 0 Å². The largest absolute Gasteiger partial charge is 0.344 e. The van der Waals surface area contributed by atoms with Crippen molar-refractivity contribution < 1.29 is 18.4 Å².